The average molecular weight is 264 g/mol. The first-order valence-electron chi connectivity index (χ1n) is 5.83. The molecule has 0 aliphatic carbocycles. The largest absolute Gasteiger partial charge is 0.433 e. The van der Waals surface area contributed by atoms with E-state index in [0.29, 0.717) is 25.3 Å². The molecule has 1 heterocycles. The molecule has 0 aliphatic heterocycles. The van der Waals surface area contributed by atoms with Gasteiger partial charge in [0, 0.05) is 0 Å². The van der Waals surface area contributed by atoms with Crippen molar-refractivity contribution in [2.24, 2.45) is 0 Å². The Labute approximate surface area is 109 Å². The minimum Gasteiger partial charge on any atom is -0.404 e. The van der Waals surface area contributed by atoms with Crippen molar-refractivity contribution in [3.05, 3.63) is 63.7 Å². The number of nitrogens with one attached hydrogen (secondary N) is 1. The Morgan fingerprint density at radius 2 is 2.16 bits per heavy atom. The predicted octanol–water partition coefficient (Wildman–Crippen LogP) is 2.66. The summed E-state index contributed by atoms with van der Waals surface area (Å²) in [5.74, 6) is -0.00738. The smallest absolute Gasteiger partial charge is 0.404 e. The van der Waals surface area contributed by atoms with Crippen LogP contribution in [0.4, 0.5) is 10.3 Å². The van der Waals surface area contributed by atoms with Gasteiger partial charge in [0.2, 0.25) is 0 Å². The minimum atomic E-state index is -0.573. The van der Waals surface area contributed by atoms with Gasteiger partial charge >= 0.3 is 5.88 Å². The number of rotatable bonds is 6. The lowest BCUT2D eigenvalue weighted by atomic mass is 10.1. The molecule has 0 aliphatic rings. The van der Waals surface area contributed by atoms with Crippen molar-refractivity contribution >= 4 is 5.88 Å². The van der Waals surface area contributed by atoms with Crippen molar-refractivity contribution < 1.29 is 13.7 Å². The summed E-state index contributed by atoms with van der Waals surface area (Å²) in [5.41, 5.74) is 0.901. The minimum absolute atomic E-state index is 0.251. The van der Waals surface area contributed by atoms with Crippen LogP contribution >= 0.6 is 0 Å². The van der Waals surface area contributed by atoms with Gasteiger partial charge in [-0.15, -0.1) is 0 Å². The Morgan fingerprint density at radius 1 is 1.32 bits per heavy atom. The molecule has 0 atom stereocenters. The van der Waals surface area contributed by atoms with Crippen molar-refractivity contribution in [3.8, 4) is 0 Å². The maximum Gasteiger partial charge on any atom is 0.433 e. The van der Waals surface area contributed by atoms with E-state index in [1.165, 1.54) is 18.2 Å². The number of nitro groups is 1. The number of halogens is 1. The van der Waals surface area contributed by atoms with E-state index in [2.05, 4.69) is 5.32 Å². The van der Waals surface area contributed by atoms with Crippen LogP contribution in [0.25, 0.3) is 0 Å². The first kappa shape index (κ1) is 13.2. The van der Waals surface area contributed by atoms with Crippen LogP contribution < -0.4 is 5.32 Å². The number of hydrogen-bond acceptors (Lipinski definition) is 4. The van der Waals surface area contributed by atoms with E-state index in [1.54, 1.807) is 12.1 Å². The normalized spacial score (nSPS) is 10.6. The van der Waals surface area contributed by atoms with Crippen molar-refractivity contribution in [2.45, 2.75) is 13.0 Å². The Kier molecular flexibility index (Phi) is 4.25. The van der Waals surface area contributed by atoms with Gasteiger partial charge in [-0.25, -0.2) is 4.39 Å². The van der Waals surface area contributed by atoms with E-state index in [4.69, 9.17) is 4.42 Å². The molecule has 0 radical (unpaired) electrons. The van der Waals surface area contributed by atoms with E-state index in [-0.39, 0.29) is 11.7 Å². The summed E-state index contributed by atoms with van der Waals surface area (Å²) in [6.45, 7) is 1.04. The third kappa shape index (κ3) is 3.89. The van der Waals surface area contributed by atoms with Crippen molar-refractivity contribution in [1.29, 1.82) is 0 Å². The Bertz CT molecular complexity index is 569. The number of furan rings is 1. The van der Waals surface area contributed by atoms with Gasteiger partial charge in [-0.1, -0.05) is 12.1 Å². The van der Waals surface area contributed by atoms with Gasteiger partial charge in [0.15, 0.2) is 0 Å². The lowest BCUT2D eigenvalue weighted by molar-refractivity contribution is -0.402. The third-order valence-corrected chi connectivity index (χ3v) is 2.61. The summed E-state index contributed by atoms with van der Waals surface area (Å²) in [4.78, 5) is 9.84. The summed E-state index contributed by atoms with van der Waals surface area (Å²) in [6.07, 6.45) is 0.681. The molecule has 0 spiro atoms. The summed E-state index contributed by atoms with van der Waals surface area (Å²) < 4.78 is 17.9. The highest BCUT2D eigenvalue weighted by Gasteiger charge is 2.10. The first-order valence-corrected chi connectivity index (χ1v) is 5.83. The first-order chi connectivity index (χ1) is 9.15. The fourth-order valence-electron chi connectivity index (χ4n) is 1.70. The highest BCUT2D eigenvalue weighted by Crippen LogP contribution is 2.15. The SMILES string of the molecule is O=[N+]([O-])c1ccc(CNCCc2cccc(F)c2)o1. The van der Waals surface area contributed by atoms with Crippen LogP contribution in [0.5, 0.6) is 0 Å². The Morgan fingerprint density at radius 3 is 2.84 bits per heavy atom. The van der Waals surface area contributed by atoms with Gasteiger partial charge in [-0.05, 0) is 36.7 Å². The van der Waals surface area contributed by atoms with Crippen LogP contribution in [0.2, 0.25) is 0 Å². The lowest BCUT2D eigenvalue weighted by Crippen LogP contribution is -2.16. The Hall–Kier alpha value is -2.21. The van der Waals surface area contributed by atoms with Crippen LogP contribution in [-0.4, -0.2) is 11.5 Å². The average Bonchev–Trinajstić information content (AvgIpc) is 2.84. The number of nitrogens with zero attached hydrogens (tertiary/aromatic N) is 1. The molecule has 100 valence electrons. The number of benzene rings is 1. The molecular weight excluding hydrogens is 251 g/mol. The molecule has 0 saturated carbocycles. The summed E-state index contributed by atoms with van der Waals surface area (Å²) in [6, 6.07) is 9.29. The van der Waals surface area contributed by atoms with Gasteiger partial charge in [-0.2, -0.15) is 0 Å². The molecule has 1 aromatic carbocycles. The fourth-order valence-corrected chi connectivity index (χ4v) is 1.70. The molecule has 5 nitrogen and oxygen atoms in total. The summed E-state index contributed by atoms with van der Waals surface area (Å²) in [5, 5.41) is 13.5. The quantitative estimate of drug-likeness (QED) is 0.494. The Balaban J connectivity index is 1.76. The highest BCUT2D eigenvalue weighted by atomic mass is 19.1. The molecule has 0 saturated heterocycles. The molecule has 0 amide bonds. The zero-order valence-electron chi connectivity index (χ0n) is 10.1. The van der Waals surface area contributed by atoms with E-state index in [9.17, 15) is 14.5 Å². The second kappa shape index (κ2) is 6.10. The standard InChI is InChI=1S/C13H13FN2O3/c14-11-3-1-2-10(8-11)6-7-15-9-12-4-5-13(19-12)16(17)18/h1-5,8,15H,6-7,9H2. The van der Waals surface area contributed by atoms with Crippen molar-refractivity contribution in [2.75, 3.05) is 6.54 Å². The summed E-state index contributed by atoms with van der Waals surface area (Å²) in [7, 11) is 0. The van der Waals surface area contributed by atoms with Crippen LogP contribution in [0.3, 0.4) is 0 Å². The van der Waals surface area contributed by atoms with Crippen LogP contribution in [0, 0.1) is 15.9 Å². The molecule has 6 heteroatoms. The maximum absolute atomic E-state index is 12.9. The van der Waals surface area contributed by atoms with E-state index >= 15 is 0 Å². The monoisotopic (exact) mass is 264 g/mol. The van der Waals surface area contributed by atoms with Crippen LogP contribution in [-0.2, 0) is 13.0 Å². The van der Waals surface area contributed by atoms with Gasteiger partial charge in [0.05, 0.1) is 12.6 Å². The fraction of sp³-hybridized carbons (Fsp3) is 0.231. The van der Waals surface area contributed by atoms with Crippen LogP contribution in [0.15, 0.2) is 40.8 Å². The molecule has 2 rings (SSSR count). The van der Waals surface area contributed by atoms with Gasteiger partial charge in [0.25, 0.3) is 0 Å². The molecule has 1 N–H and O–H groups in total. The molecular formula is C13H13FN2O3. The second-order valence-electron chi connectivity index (χ2n) is 4.05. The molecule has 1 aromatic heterocycles. The van der Waals surface area contributed by atoms with E-state index < -0.39 is 4.92 Å². The highest BCUT2D eigenvalue weighted by molar-refractivity contribution is 5.18. The van der Waals surface area contributed by atoms with E-state index in [0.717, 1.165) is 5.56 Å². The maximum atomic E-state index is 12.9. The number of hydrogen-bond donors (Lipinski definition) is 1. The van der Waals surface area contributed by atoms with Crippen molar-refractivity contribution in [1.82, 2.24) is 5.32 Å². The zero-order valence-corrected chi connectivity index (χ0v) is 10.1. The molecule has 0 fully saturated rings. The van der Waals surface area contributed by atoms with Crippen molar-refractivity contribution in [3.63, 3.8) is 0 Å². The van der Waals surface area contributed by atoms with Gasteiger partial charge in [-0.3, -0.25) is 10.1 Å². The lowest BCUT2D eigenvalue weighted by Gasteiger charge is -2.03. The van der Waals surface area contributed by atoms with E-state index in [1.807, 2.05) is 6.07 Å². The second-order valence-corrected chi connectivity index (χ2v) is 4.05. The zero-order chi connectivity index (χ0) is 13.7. The third-order valence-electron chi connectivity index (χ3n) is 2.61. The van der Waals surface area contributed by atoms with Gasteiger partial charge < -0.3 is 9.73 Å². The summed E-state index contributed by atoms with van der Waals surface area (Å²) >= 11 is 0. The molecule has 0 unspecified atom stereocenters. The van der Waals surface area contributed by atoms with Gasteiger partial charge in [0.1, 0.15) is 16.5 Å². The topological polar surface area (TPSA) is 68.3 Å². The molecule has 19 heavy (non-hydrogen) atoms. The van der Waals surface area contributed by atoms with Crippen LogP contribution in [0.1, 0.15) is 11.3 Å². The molecule has 0 bridgehead atoms. The molecule has 2 aromatic rings. The predicted molar refractivity (Wildman–Crippen MR) is 67.2 cm³/mol.